The lowest BCUT2D eigenvalue weighted by molar-refractivity contribution is -0.137. The van der Waals surface area contributed by atoms with E-state index in [0.29, 0.717) is 116 Å². The number of rotatable bonds is 6. The number of benzene rings is 14. The minimum atomic E-state index is -4.54. The second-order valence-corrected chi connectivity index (χ2v) is 32.0. The smallest absolute Gasteiger partial charge is 0.416 e. The lowest BCUT2D eigenvalue weighted by Gasteiger charge is -2.11. The number of hydrogen-bond donors (Lipinski definition) is 0. The molecule has 14 aromatic carbocycles. The molecule has 0 atom stereocenters. The number of aromatic nitrogens is 8. The molecule has 0 radical (unpaired) electrons. The van der Waals surface area contributed by atoms with E-state index in [4.69, 9.17) is 98.4 Å². The van der Waals surface area contributed by atoms with Gasteiger partial charge in [-0.25, -0.2) is 121 Å². The van der Waals surface area contributed by atoms with Crippen molar-refractivity contribution >= 4 is 177 Å². The zero-order valence-corrected chi connectivity index (χ0v) is 75.4. The molecule has 0 aliphatic rings. The zero-order valence-electron chi connectivity index (χ0n) is 75.4. The van der Waals surface area contributed by atoms with Gasteiger partial charge in [0, 0.05) is 33.4 Å². The van der Waals surface area contributed by atoms with Crippen LogP contribution in [-0.4, -0.2) is 39.9 Å². The maximum atomic E-state index is 13.3. The molecule has 0 amide bonds. The van der Waals surface area contributed by atoms with Gasteiger partial charge in [-0.2, -0.15) is 13.2 Å². The van der Waals surface area contributed by atoms with E-state index in [1.54, 1.807) is 60.7 Å². The van der Waals surface area contributed by atoms with Crippen molar-refractivity contribution in [2.45, 2.75) is 26.9 Å². The Labute approximate surface area is 821 Å². The maximum absolute atomic E-state index is 13.3. The third-order valence-electron chi connectivity index (χ3n) is 23.4. The highest BCUT2D eigenvalue weighted by atomic mass is 19.4. The van der Waals surface area contributed by atoms with Gasteiger partial charge in [-0.05, 0) is 136 Å². The van der Waals surface area contributed by atoms with Crippen LogP contribution in [0.5, 0.6) is 0 Å². The van der Waals surface area contributed by atoms with Crippen LogP contribution in [0.15, 0.2) is 254 Å². The van der Waals surface area contributed by atoms with Gasteiger partial charge in [-0.1, -0.05) is 174 Å². The SMILES string of the molecule is [C-]#[N+]/C(C#N)=c1\nc2c(ccc3ccc4n/c(=C(/C#N)[N+]#[C-])oc4c32)o1.[C-]#[N+]/C(C#N)=c1\nc2c(o1)c(-c1ccc(C(F)(F)F)cc1)cc1cc(-c3ccc(C)cc3)c3n/c(=C(/C#N)[N+]#[C-])oc3c12.[C-]#[N+]/C(C#N)=c1\nc2c(o1)c(-c1ccc(C)cc1)cc1cc(-c3ccc(C)cc3)c3n/c(=C(/C#N)[N+]#[C-])oc3c12.[C-]#[N+]/C(C#N)=c1\nc2c(o1)c(-c1ccccc1)cc1cc(-c3ccccc3)c3n/c(=C(/C#N)[N+]#[C-])oc3c12. The van der Waals surface area contributed by atoms with Gasteiger partial charge in [0.1, 0.15) is 44.1 Å². The van der Waals surface area contributed by atoms with E-state index >= 15 is 0 Å². The van der Waals surface area contributed by atoms with Crippen LogP contribution in [0.1, 0.15) is 22.3 Å². The normalized spacial score (nSPS) is 12.6. The standard InChI is InChI=1S/C32H13F3N6O2.C32H16N6O2.C30H12N6O2.C18H4N6O2/c1-16-4-6-17(7-5-16)21-12-19-13-22(18-8-10-20(11-9-18)32(33,34)35)28-27(41-31(42-28)24(15-37)39-3)25(19)29-26(21)40-30(43-29)23(14-36)38-2;1-17-5-9-19(10-6-17)22-13-21-14-23(20-11-7-18(2)8-12-20)29-28(38-32(39-29)25(16-34)36-4)26(21)30-27(22)37-31(40-30)24(15-33)35-3;1-33-22(15-31)29-35-25-20(17-9-5-3-6-10-17)13-19-14-21(18-11-7-4-8-12-18)27-26(24(19)28(25)38-29)36-30(37-27)23(16-32)34-2;1-21-11(7-19)17-23-10-5-3-9-4-6-13-15(14(9)16(10)26-17)24-18(25-13)12(8-20)22-2/h4-13H,1H3;5-14H,1-2H3;3-14H;3-6H/b30-23+,31-24+;31-24+,32-25+;29-22+,30-23+;17-11+,18-12+. The van der Waals surface area contributed by atoms with Crippen molar-refractivity contribution in [1.82, 2.24) is 39.9 Å². The highest BCUT2D eigenvalue weighted by molar-refractivity contribution is 6.25. The fourth-order valence-electron chi connectivity index (χ4n) is 16.6. The van der Waals surface area contributed by atoms with E-state index in [1.807, 2.05) is 203 Å². The number of aryl methyl sites for hydroxylation is 3. The summed E-state index contributed by atoms with van der Waals surface area (Å²) in [4.78, 5) is 61.3. The molecule has 22 aromatic rings. The fraction of sp³-hybridized carbons (Fsp3) is 0.0357. The highest BCUT2D eigenvalue weighted by Crippen LogP contribution is 2.46. The molecule has 8 heterocycles. The molecule has 0 fully saturated rings. The number of fused-ring (bicyclic) bond motifs is 20. The fourth-order valence-corrected chi connectivity index (χ4v) is 16.6. The summed E-state index contributed by atoms with van der Waals surface area (Å²) in [6, 6.07) is 79.7. The van der Waals surface area contributed by atoms with Crippen molar-refractivity contribution in [1.29, 1.82) is 42.1 Å². The van der Waals surface area contributed by atoms with E-state index in [-0.39, 0.29) is 101 Å². The van der Waals surface area contributed by atoms with E-state index in [9.17, 15) is 44.7 Å². The van der Waals surface area contributed by atoms with Crippen molar-refractivity contribution in [3.05, 3.63) is 376 Å². The van der Waals surface area contributed by atoms with Crippen molar-refractivity contribution < 1.29 is 48.5 Å². The maximum Gasteiger partial charge on any atom is 0.416 e. The van der Waals surface area contributed by atoms with Gasteiger partial charge < -0.3 is 35.3 Å². The highest BCUT2D eigenvalue weighted by Gasteiger charge is 2.32. The first-order chi connectivity index (χ1) is 71.5. The Kier molecular flexibility index (Phi) is 23.8. The van der Waals surface area contributed by atoms with Crippen LogP contribution in [0, 0.1) is 164 Å². The molecule has 0 aliphatic heterocycles. The molecule has 0 N–H and O–H groups in total. The Balaban J connectivity index is 0.000000125. The van der Waals surface area contributed by atoms with Crippen LogP contribution in [0.25, 0.3) is 283 Å². The molecular weight excluding hydrogens is 1870 g/mol. The summed E-state index contributed by atoms with van der Waals surface area (Å²) in [6.07, 6.45) is -4.54. The number of halogens is 3. The van der Waals surface area contributed by atoms with Crippen LogP contribution >= 0.6 is 0 Å². The van der Waals surface area contributed by atoms with Gasteiger partial charge in [0.15, 0.2) is 44.7 Å². The summed E-state index contributed by atoms with van der Waals surface area (Å²) >= 11 is 0. The first kappa shape index (κ1) is 92.5. The van der Waals surface area contributed by atoms with Crippen LogP contribution in [0.3, 0.4) is 0 Å². The quantitative estimate of drug-likeness (QED) is 0.140. The van der Waals surface area contributed by atoms with Crippen LogP contribution in [-0.2, 0) is 6.18 Å². The van der Waals surface area contributed by atoms with Crippen LogP contribution in [0.4, 0.5) is 13.2 Å². The lowest BCUT2D eigenvalue weighted by Crippen LogP contribution is -2.04. The van der Waals surface area contributed by atoms with Crippen molar-refractivity contribution in [3.8, 4) is 115 Å². The summed E-state index contributed by atoms with van der Waals surface area (Å²) in [5, 5.41) is 79.8. The van der Waals surface area contributed by atoms with Crippen LogP contribution < -0.4 is 44.4 Å². The van der Waals surface area contributed by atoms with E-state index in [0.717, 1.165) is 95.1 Å². The molecule has 682 valence electrons. The topological polar surface area (TPSA) is 433 Å². The second-order valence-electron chi connectivity index (χ2n) is 32.0. The average molecular weight is 1910 g/mol. The summed E-state index contributed by atoms with van der Waals surface area (Å²) < 4.78 is 87.2. The lowest BCUT2D eigenvalue weighted by atomic mass is 9.94. The predicted octanol–water partition coefficient (Wildman–Crippen LogP) is 20.8. The van der Waals surface area contributed by atoms with E-state index < -0.39 is 17.4 Å². The van der Waals surface area contributed by atoms with E-state index in [2.05, 4.69) is 78.6 Å². The first-order valence-corrected chi connectivity index (χ1v) is 42.9. The molecule has 0 unspecified atom stereocenters. The Morgan fingerprint density at radius 3 is 0.789 bits per heavy atom. The minimum Gasteiger partial charge on any atom is -0.446 e. The Bertz CT molecular complexity index is 10400. The monoisotopic (exact) mass is 1910 g/mol. The van der Waals surface area contributed by atoms with Crippen molar-refractivity contribution in [2.75, 3.05) is 0 Å². The Morgan fingerprint density at radius 1 is 0.245 bits per heavy atom. The Hall–Kier alpha value is -23.5. The third-order valence-corrected chi connectivity index (χ3v) is 23.4. The van der Waals surface area contributed by atoms with Crippen molar-refractivity contribution in [2.24, 2.45) is 0 Å². The predicted molar refractivity (Wildman–Crippen MR) is 530 cm³/mol. The number of alkyl halides is 3. The molecule has 8 aromatic heterocycles. The summed E-state index contributed by atoms with van der Waals surface area (Å²) in [7, 11) is 0. The molecule has 35 heteroatoms. The van der Waals surface area contributed by atoms with Crippen LogP contribution in [0.2, 0.25) is 0 Å². The number of nitriles is 8. The van der Waals surface area contributed by atoms with E-state index in [1.165, 1.54) is 12.1 Å². The van der Waals surface area contributed by atoms with Gasteiger partial charge in [0.2, 0.25) is 44.4 Å². The minimum absolute atomic E-state index is 0.0730. The van der Waals surface area contributed by atoms with Gasteiger partial charge in [0.25, 0.3) is 0 Å². The zero-order chi connectivity index (χ0) is 103. The molecule has 22 rings (SSSR count). The average Bonchev–Trinajstić information content (AvgIpc) is 1.58. The second kappa shape index (κ2) is 37.9. The molecule has 0 saturated heterocycles. The number of hydrogen-bond acceptors (Lipinski definition) is 24. The summed E-state index contributed by atoms with van der Waals surface area (Å²) in [5.41, 5.74) is 12.8. The van der Waals surface area contributed by atoms with Gasteiger partial charge >= 0.3 is 51.8 Å². The van der Waals surface area contributed by atoms with Crippen molar-refractivity contribution in [3.63, 3.8) is 0 Å². The van der Waals surface area contributed by atoms with Gasteiger partial charge in [0.05, 0.1) is 128 Å². The molecule has 0 aliphatic carbocycles. The van der Waals surface area contributed by atoms with Gasteiger partial charge in [-0.3, -0.25) is 0 Å². The largest absolute Gasteiger partial charge is 0.446 e. The molecule has 0 saturated carbocycles. The number of nitrogens with zero attached hydrogens (tertiary/aromatic N) is 24. The molecule has 147 heavy (non-hydrogen) atoms. The Morgan fingerprint density at radius 2 is 0.483 bits per heavy atom. The van der Waals surface area contributed by atoms with Gasteiger partial charge in [-0.15, -0.1) is 0 Å². The molecule has 32 nitrogen and oxygen atoms in total. The third kappa shape index (κ3) is 16.5. The molecule has 0 spiro atoms. The first-order valence-electron chi connectivity index (χ1n) is 42.9. The number of oxazole rings is 8. The molecule has 0 bridgehead atoms. The summed E-state index contributed by atoms with van der Waals surface area (Å²) in [5.74, 6) is 0. The summed E-state index contributed by atoms with van der Waals surface area (Å²) in [6.45, 7) is 64.3. The molecular formula is C112H45F3N24O8.